The second-order valence-corrected chi connectivity index (χ2v) is 5.92. The topological polar surface area (TPSA) is 78.6 Å². The van der Waals surface area contributed by atoms with Crippen molar-refractivity contribution >= 4 is 17.5 Å². The number of β-amino-alcohol motifs (C(OH)–C–C–N with tert-alkyl or cyclic N) is 1. The Morgan fingerprint density at radius 2 is 2.14 bits per heavy atom. The van der Waals surface area contributed by atoms with Crippen molar-refractivity contribution in [3.05, 3.63) is 34.9 Å². The van der Waals surface area contributed by atoms with Gasteiger partial charge >= 0.3 is 0 Å². The van der Waals surface area contributed by atoms with Crippen molar-refractivity contribution in [3.8, 4) is 0 Å². The lowest BCUT2D eigenvalue weighted by molar-refractivity contribution is -0.123. The molecule has 0 saturated carbocycles. The molecule has 1 heterocycles. The van der Waals surface area contributed by atoms with Crippen molar-refractivity contribution in [2.24, 2.45) is 5.73 Å². The van der Waals surface area contributed by atoms with Gasteiger partial charge in [-0.3, -0.25) is 9.69 Å². The highest BCUT2D eigenvalue weighted by atomic mass is 35.5. The molecule has 1 aliphatic rings. The van der Waals surface area contributed by atoms with E-state index in [2.05, 4.69) is 5.32 Å². The number of aliphatic hydroxyl groups is 1. The van der Waals surface area contributed by atoms with Crippen LogP contribution in [0.4, 0.5) is 0 Å². The van der Waals surface area contributed by atoms with Gasteiger partial charge in [-0.05, 0) is 30.5 Å². The summed E-state index contributed by atoms with van der Waals surface area (Å²) in [6, 6.07) is 7.43. The van der Waals surface area contributed by atoms with E-state index in [0.29, 0.717) is 24.7 Å². The molecule has 0 aliphatic carbocycles. The fourth-order valence-corrected chi connectivity index (χ4v) is 2.54. The second-order valence-electron chi connectivity index (χ2n) is 5.48. The van der Waals surface area contributed by atoms with E-state index in [1.807, 2.05) is 29.2 Å². The quantitative estimate of drug-likeness (QED) is 0.735. The van der Waals surface area contributed by atoms with Gasteiger partial charge in [-0.15, -0.1) is 0 Å². The molecule has 5 nitrogen and oxygen atoms in total. The lowest BCUT2D eigenvalue weighted by Crippen LogP contribution is -2.52. The Balaban J connectivity index is 1.67. The number of carbonyl (C=O) groups is 1. The lowest BCUT2D eigenvalue weighted by Gasteiger charge is -2.33. The number of carbonyl (C=O) groups excluding carboxylic acids is 1. The average molecular weight is 312 g/mol. The molecule has 4 N–H and O–H groups in total. The third-order valence-electron chi connectivity index (χ3n) is 3.73. The first-order valence-corrected chi connectivity index (χ1v) is 7.59. The number of hydrogen-bond donors (Lipinski definition) is 3. The fraction of sp³-hybridized carbons (Fsp3) is 0.533. The molecule has 0 aromatic heterocycles. The van der Waals surface area contributed by atoms with Crippen LogP contribution in [-0.4, -0.2) is 54.2 Å². The zero-order valence-corrected chi connectivity index (χ0v) is 12.7. The van der Waals surface area contributed by atoms with E-state index < -0.39 is 6.10 Å². The Kier molecular flexibility index (Phi) is 5.99. The predicted octanol–water partition coefficient (Wildman–Crippen LogP) is 0.393. The SMILES string of the molecule is NC1CCN(CC(=O)NCCc2ccc(Cl)cc2)CC1O. The first-order valence-electron chi connectivity index (χ1n) is 7.22. The second kappa shape index (κ2) is 7.75. The highest BCUT2D eigenvalue weighted by Gasteiger charge is 2.25. The Labute approximate surface area is 130 Å². The first kappa shape index (κ1) is 16.2. The van der Waals surface area contributed by atoms with Crippen molar-refractivity contribution in [2.45, 2.75) is 25.0 Å². The lowest BCUT2D eigenvalue weighted by atomic mass is 10.0. The van der Waals surface area contributed by atoms with E-state index in [1.54, 1.807) is 0 Å². The number of aliphatic hydroxyl groups excluding tert-OH is 1. The molecule has 0 bridgehead atoms. The maximum atomic E-state index is 11.9. The summed E-state index contributed by atoms with van der Waals surface area (Å²) in [7, 11) is 0. The van der Waals surface area contributed by atoms with Gasteiger partial charge in [-0.25, -0.2) is 0 Å². The minimum absolute atomic E-state index is 0.0216. The minimum atomic E-state index is -0.541. The number of nitrogens with two attached hydrogens (primary N) is 1. The summed E-state index contributed by atoms with van der Waals surface area (Å²) in [5, 5.41) is 13.3. The minimum Gasteiger partial charge on any atom is -0.390 e. The largest absolute Gasteiger partial charge is 0.390 e. The molecule has 0 radical (unpaired) electrons. The Morgan fingerprint density at radius 3 is 2.81 bits per heavy atom. The molecule has 1 aliphatic heterocycles. The number of halogens is 1. The van der Waals surface area contributed by atoms with Gasteiger partial charge in [0, 0.05) is 30.7 Å². The van der Waals surface area contributed by atoms with Crippen molar-refractivity contribution in [1.82, 2.24) is 10.2 Å². The van der Waals surface area contributed by atoms with E-state index in [-0.39, 0.29) is 11.9 Å². The van der Waals surface area contributed by atoms with Gasteiger partial charge in [0.25, 0.3) is 0 Å². The summed E-state index contributed by atoms with van der Waals surface area (Å²) in [6.07, 6.45) is 0.955. The zero-order chi connectivity index (χ0) is 15.2. The van der Waals surface area contributed by atoms with Crippen molar-refractivity contribution < 1.29 is 9.90 Å². The first-order chi connectivity index (χ1) is 10.0. The molecule has 2 rings (SSSR count). The molecule has 1 aromatic carbocycles. The Hall–Kier alpha value is -1.14. The number of likely N-dealkylation sites (tertiary alicyclic amines) is 1. The summed E-state index contributed by atoms with van der Waals surface area (Å²) >= 11 is 5.82. The highest BCUT2D eigenvalue weighted by molar-refractivity contribution is 6.30. The van der Waals surface area contributed by atoms with Crippen molar-refractivity contribution in [1.29, 1.82) is 0 Å². The van der Waals surface area contributed by atoms with Gasteiger partial charge in [0.05, 0.1) is 12.6 Å². The van der Waals surface area contributed by atoms with Gasteiger partial charge in [-0.2, -0.15) is 0 Å². The van der Waals surface area contributed by atoms with Crippen LogP contribution in [0.25, 0.3) is 0 Å². The smallest absolute Gasteiger partial charge is 0.234 e. The molecule has 2 unspecified atom stereocenters. The van der Waals surface area contributed by atoms with E-state index >= 15 is 0 Å². The van der Waals surface area contributed by atoms with Gasteiger partial charge in [0.15, 0.2) is 0 Å². The van der Waals surface area contributed by atoms with Crippen LogP contribution in [0.2, 0.25) is 5.02 Å². The highest BCUT2D eigenvalue weighted by Crippen LogP contribution is 2.10. The number of benzene rings is 1. The third-order valence-corrected chi connectivity index (χ3v) is 3.99. The van der Waals surface area contributed by atoms with Gasteiger partial charge in [0.1, 0.15) is 0 Å². The number of piperidine rings is 1. The van der Waals surface area contributed by atoms with Crippen LogP contribution < -0.4 is 11.1 Å². The van der Waals surface area contributed by atoms with Crippen LogP contribution in [0.5, 0.6) is 0 Å². The fourth-order valence-electron chi connectivity index (χ4n) is 2.42. The van der Waals surface area contributed by atoms with Crippen LogP contribution in [0.1, 0.15) is 12.0 Å². The average Bonchev–Trinajstić information content (AvgIpc) is 2.45. The maximum Gasteiger partial charge on any atom is 0.234 e. The molecule has 1 saturated heterocycles. The molecule has 0 spiro atoms. The van der Waals surface area contributed by atoms with Gasteiger partial charge < -0.3 is 16.2 Å². The maximum absolute atomic E-state index is 11.9. The molecule has 6 heteroatoms. The Bertz CT molecular complexity index is 466. The normalized spacial score (nSPS) is 23.0. The molecule has 2 atom stereocenters. The molecule has 1 amide bonds. The predicted molar refractivity (Wildman–Crippen MR) is 83.2 cm³/mol. The number of amides is 1. The summed E-state index contributed by atoms with van der Waals surface area (Å²) in [5.74, 6) is -0.0216. The molecule has 21 heavy (non-hydrogen) atoms. The number of nitrogens with zero attached hydrogens (tertiary/aromatic N) is 1. The van der Waals surface area contributed by atoms with Crippen molar-refractivity contribution in [2.75, 3.05) is 26.2 Å². The van der Waals surface area contributed by atoms with Gasteiger partial charge in [0.2, 0.25) is 5.91 Å². The third kappa shape index (κ3) is 5.28. The summed E-state index contributed by atoms with van der Waals surface area (Å²) in [4.78, 5) is 13.8. The number of rotatable bonds is 5. The van der Waals surface area contributed by atoms with Crippen LogP contribution in [-0.2, 0) is 11.2 Å². The standard InChI is InChI=1S/C15H22ClN3O2/c16-12-3-1-11(2-4-12)5-7-18-15(21)10-19-8-6-13(17)14(20)9-19/h1-4,13-14,20H,5-10,17H2,(H,18,21). The Morgan fingerprint density at radius 1 is 1.43 bits per heavy atom. The number of hydrogen-bond acceptors (Lipinski definition) is 4. The number of nitrogens with one attached hydrogen (secondary N) is 1. The molecule has 1 fully saturated rings. The van der Waals surface area contributed by atoms with Gasteiger partial charge in [-0.1, -0.05) is 23.7 Å². The monoisotopic (exact) mass is 311 g/mol. The molecule has 1 aromatic rings. The summed E-state index contributed by atoms with van der Waals surface area (Å²) in [6.45, 7) is 2.12. The summed E-state index contributed by atoms with van der Waals surface area (Å²) < 4.78 is 0. The summed E-state index contributed by atoms with van der Waals surface area (Å²) in [5.41, 5.74) is 6.88. The van der Waals surface area contributed by atoms with Crippen LogP contribution in [0, 0.1) is 0 Å². The zero-order valence-electron chi connectivity index (χ0n) is 12.0. The van der Waals surface area contributed by atoms with E-state index in [4.69, 9.17) is 17.3 Å². The van der Waals surface area contributed by atoms with E-state index in [0.717, 1.165) is 24.9 Å². The van der Waals surface area contributed by atoms with E-state index in [1.165, 1.54) is 0 Å². The van der Waals surface area contributed by atoms with E-state index in [9.17, 15) is 9.90 Å². The van der Waals surface area contributed by atoms with Crippen LogP contribution in [0.15, 0.2) is 24.3 Å². The van der Waals surface area contributed by atoms with Crippen LogP contribution >= 0.6 is 11.6 Å². The molecular weight excluding hydrogens is 290 g/mol. The molecule has 116 valence electrons. The van der Waals surface area contributed by atoms with Crippen LogP contribution in [0.3, 0.4) is 0 Å². The molecular formula is C15H22ClN3O2. The van der Waals surface area contributed by atoms with Crippen molar-refractivity contribution in [3.63, 3.8) is 0 Å².